The lowest BCUT2D eigenvalue weighted by Crippen LogP contribution is -2.20. The Morgan fingerprint density at radius 2 is 1.76 bits per heavy atom. The summed E-state index contributed by atoms with van der Waals surface area (Å²) in [6.45, 7) is 13.0. The Labute approximate surface area is 133 Å². The maximum absolute atomic E-state index is 12.2. The van der Waals surface area contributed by atoms with E-state index in [4.69, 9.17) is 16.3 Å². The number of ketones is 1. The summed E-state index contributed by atoms with van der Waals surface area (Å²) in [7, 11) is 0. The van der Waals surface area contributed by atoms with Gasteiger partial charge in [0.25, 0.3) is 0 Å². The van der Waals surface area contributed by atoms with Crippen molar-refractivity contribution in [3.05, 3.63) is 28.8 Å². The van der Waals surface area contributed by atoms with Crippen molar-refractivity contribution in [3.8, 4) is 5.75 Å². The summed E-state index contributed by atoms with van der Waals surface area (Å²) in [4.78, 5) is 12.2. The maximum Gasteiger partial charge on any atom is 0.168 e. The number of carbonyl (C=O) groups excluding carboxylic acids is 1. The lowest BCUT2D eigenvalue weighted by molar-refractivity contribution is 0.0858. The van der Waals surface area contributed by atoms with Crippen LogP contribution in [0.2, 0.25) is 5.02 Å². The molecule has 0 atom stereocenters. The van der Waals surface area contributed by atoms with Gasteiger partial charge >= 0.3 is 0 Å². The Bertz CT molecular complexity index is 493. The van der Waals surface area contributed by atoms with Crippen LogP contribution in [0.1, 0.15) is 64.7 Å². The van der Waals surface area contributed by atoms with Gasteiger partial charge in [-0.2, -0.15) is 0 Å². The fraction of sp³-hybridized carbons (Fsp3) is 0.611. The molecule has 0 fully saturated rings. The van der Waals surface area contributed by atoms with Crippen LogP contribution in [-0.4, -0.2) is 12.4 Å². The molecule has 0 amide bonds. The average Bonchev–Trinajstić information content (AvgIpc) is 2.32. The molecule has 1 aromatic rings. The van der Waals surface area contributed by atoms with Crippen LogP contribution in [0.15, 0.2) is 18.2 Å². The lowest BCUT2D eigenvalue weighted by Gasteiger charge is -2.19. The van der Waals surface area contributed by atoms with Gasteiger partial charge in [0.2, 0.25) is 0 Å². The zero-order valence-electron chi connectivity index (χ0n) is 14.0. The number of halogens is 1. The predicted octanol–water partition coefficient (Wildman–Crippen LogP) is 5.77. The molecule has 0 saturated carbocycles. The second-order valence-corrected chi connectivity index (χ2v) is 8.14. The highest BCUT2D eigenvalue weighted by Gasteiger charge is 2.23. The molecular weight excluding hydrogens is 284 g/mol. The molecule has 0 spiro atoms. The molecule has 3 heteroatoms. The lowest BCUT2D eigenvalue weighted by atomic mass is 9.86. The number of hydrogen-bond donors (Lipinski definition) is 0. The maximum atomic E-state index is 12.2. The summed E-state index contributed by atoms with van der Waals surface area (Å²) in [6.07, 6.45) is 2.09. The predicted molar refractivity (Wildman–Crippen MR) is 89.4 cm³/mol. The van der Waals surface area contributed by atoms with Gasteiger partial charge in [-0.05, 0) is 36.5 Å². The van der Waals surface area contributed by atoms with E-state index in [1.54, 1.807) is 18.2 Å². The molecule has 2 nitrogen and oxygen atoms in total. The Morgan fingerprint density at radius 3 is 2.24 bits per heavy atom. The zero-order chi connectivity index (χ0) is 16.3. The molecule has 0 bridgehead atoms. The summed E-state index contributed by atoms with van der Waals surface area (Å²) >= 11 is 6.22. The van der Waals surface area contributed by atoms with E-state index in [1.807, 2.05) is 20.8 Å². The summed E-state index contributed by atoms with van der Waals surface area (Å²) < 4.78 is 5.71. The third-order valence-electron chi connectivity index (χ3n) is 3.20. The van der Waals surface area contributed by atoms with Crippen molar-refractivity contribution < 1.29 is 9.53 Å². The molecule has 0 aliphatic heterocycles. The SMILES string of the molecule is CC(C)(C)CCCOc1ccc(C(=O)C(C)(C)C)cc1Cl. The highest BCUT2D eigenvalue weighted by atomic mass is 35.5. The summed E-state index contributed by atoms with van der Waals surface area (Å²) in [5, 5.41) is 0.501. The molecule has 118 valence electrons. The van der Waals surface area contributed by atoms with E-state index in [1.165, 1.54) is 0 Å². The number of Topliss-reactive ketones (excluding diaryl/α,β-unsaturated/α-hetero) is 1. The van der Waals surface area contributed by atoms with Crippen LogP contribution in [0.3, 0.4) is 0 Å². The minimum Gasteiger partial charge on any atom is -0.492 e. The van der Waals surface area contributed by atoms with Crippen molar-refractivity contribution in [2.75, 3.05) is 6.61 Å². The smallest absolute Gasteiger partial charge is 0.168 e. The van der Waals surface area contributed by atoms with Gasteiger partial charge in [-0.25, -0.2) is 0 Å². The second kappa shape index (κ2) is 6.83. The molecule has 1 rings (SSSR count). The normalized spacial score (nSPS) is 12.3. The van der Waals surface area contributed by atoms with Crippen molar-refractivity contribution in [3.63, 3.8) is 0 Å². The van der Waals surface area contributed by atoms with E-state index >= 15 is 0 Å². The van der Waals surface area contributed by atoms with Crippen molar-refractivity contribution in [2.24, 2.45) is 10.8 Å². The van der Waals surface area contributed by atoms with Gasteiger partial charge < -0.3 is 4.74 Å². The third kappa shape index (κ3) is 6.09. The first-order chi connectivity index (χ1) is 9.50. The molecule has 0 heterocycles. The molecule has 21 heavy (non-hydrogen) atoms. The van der Waals surface area contributed by atoms with Crippen molar-refractivity contribution in [1.29, 1.82) is 0 Å². The fourth-order valence-corrected chi connectivity index (χ4v) is 2.21. The second-order valence-electron chi connectivity index (χ2n) is 7.74. The van der Waals surface area contributed by atoms with Crippen molar-refractivity contribution >= 4 is 17.4 Å². The summed E-state index contributed by atoms with van der Waals surface area (Å²) in [5.41, 5.74) is 0.545. The van der Waals surface area contributed by atoms with Crippen LogP contribution in [0, 0.1) is 10.8 Å². The van der Waals surface area contributed by atoms with E-state index in [-0.39, 0.29) is 5.78 Å². The average molecular weight is 311 g/mol. The van der Waals surface area contributed by atoms with Gasteiger partial charge in [0.1, 0.15) is 5.75 Å². The highest BCUT2D eigenvalue weighted by Crippen LogP contribution is 2.29. The first-order valence-electron chi connectivity index (χ1n) is 7.48. The minimum absolute atomic E-state index is 0.0867. The van der Waals surface area contributed by atoms with E-state index in [0.717, 1.165) is 12.8 Å². The van der Waals surface area contributed by atoms with Gasteiger partial charge in [-0.15, -0.1) is 0 Å². The molecule has 0 aliphatic carbocycles. The minimum atomic E-state index is -0.404. The van der Waals surface area contributed by atoms with Gasteiger partial charge in [-0.1, -0.05) is 53.1 Å². The van der Waals surface area contributed by atoms with Crippen LogP contribution < -0.4 is 4.74 Å². The monoisotopic (exact) mass is 310 g/mol. The molecular formula is C18H27ClO2. The molecule has 0 aliphatic rings. The van der Waals surface area contributed by atoms with Crippen LogP contribution in [0.5, 0.6) is 5.75 Å². The van der Waals surface area contributed by atoms with Gasteiger partial charge in [0, 0.05) is 11.0 Å². The number of hydrogen-bond acceptors (Lipinski definition) is 2. The Balaban J connectivity index is 2.65. The van der Waals surface area contributed by atoms with E-state index < -0.39 is 5.41 Å². The number of rotatable bonds is 5. The fourth-order valence-electron chi connectivity index (χ4n) is 1.98. The van der Waals surface area contributed by atoms with E-state index in [0.29, 0.717) is 28.4 Å². The molecule has 0 saturated heterocycles. The van der Waals surface area contributed by atoms with Crippen LogP contribution >= 0.6 is 11.6 Å². The Kier molecular flexibility index (Phi) is 5.86. The summed E-state index contributed by atoms with van der Waals surface area (Å²) in [5.74, 6) is 0.736. The first-order valence-corrected chi connectivity index (χ1v) is 7.86. The molecule has 0 radical (unpaired) electrons. The largest absolute Gasteiger partial charge is 0.492 e. The topological polar surface area (TPSA) is 26.3 Å². The van der Waals surface area contributed by atoms with Crippen molar-refractivity contribution in [2.45, 2.75) is 54.4 Å². The summed E-state index contributed by atoms with van der Waals surface area (Å²) in [6, 6.07) is 5.28. The van der Waals surface area contributed by atoms with Crippen LogP contribution in [0.25, 0.3) is 0 Å². The van der Waals surface area contributed by atoms with Gasteiger partial charge in [-0.3, -0.25) is 4.79 Å². The molecule has 0 unspecified atom stereocenters. The van der Waals surface area contributed by atoms with Gasteiger partial charge in [0.05, 0.1) is 11.6 Å². The molecule has 0 aromatic heterocycles. The molecule has 1 aromatic carbocycles. The van der Waals surface area contributed by atoms with E-state index in [9.17, 15) is 4.79 Å². The first kappa shape index (κ1) is 18.0. The standard InChI is InChI=1S/C18H27ClO2/c1-17(2,3)10-7-11-21-15-9-8-13(12-14(15)19)16(20)18(4,5)6/h8-9,12H,7,10-11H2,1-6H3. The zero-order valence-corrected chi connectivity index (χ0v) is 14.8. The third-order valence-corrected chi connectivity index (χ3v) is 3.50. The van der Waals surface area contributed by atoms with Crippen molar-refractivity contribution in [1.82, 2.24) is 0 Å². The number of ether oxygens (including phenoxy) is 1. The number of benzene rings is 1. The Hall–Kier alpha value is -1.02. The molecule has 0 N–H and O–H groups in total. The van der Waals surface area contributed by atoms with Crippen LogP contribution in [-0.2, 0) is 0 Å². The highest BCUT2D eigenvalue weighted by molar-refractivity contribution is 6.32. The number of carbonyl (C=O) groups is 1. The Morgan fingerprint density at radius 1 is 1.14 bits per heavy atom. The van der Waals surface area contributed by atoms with Gasteiger partial charge in [0.15, 0.2) is 5.78 Å². The quantitative estimate of drug-likeness (QED) is 0.509. The van der Waals surface area contributed by atoms with E-state index in [2.05, 4.69) is 20.8 Å². The van der Waals surface area contributed by atoms with Crippen LogP contribution in [0.4, 0.5) is 0 Å².